The fraction of sp³-hybridized carbons (Fsp3) is 0.933. The quantitative estimate of drug-likeness (QED) is 0.600. The predicted octanol–water partition coefficient (Wildman–Crippen LogP) is 2.59. The van der Waals surface area contributed by atoms with Crippen LogP contribution in [-0.2, 0) is 4.79 Å². The summed E-state index contributed by atoms with van der Waals surface area (Å²) in [5, 5.41) is 12.1. The van der Waals surface area contributed by atoms with E-state index in [1.165, 1.54) is 0 Å². The van der Waals surface area contributed by atoms with Gasteiger partial charge in [-0.1, -0.05) is 13.8 Å². The molecule has 0 spiro atoms. The zero-order valence-electron chi connectivity index (χ0n) is 13.5. The molecule has 4 heteroatoms. The van der Waals surface area contributed by atoms with Crippen molar-refractivity contribution in [2.45, 2.75) is 65.5 Å². The molecule has 1 unspecified atom stereocenters. The van der Waals surface area contributed by atoms with Gasteiger partial charge in [0.25, 0.3) is 0 Å². The van der Waals surface area contributed by atoms with E-state index in [1.807, 2.05) is 0 Å². The first kappa shape index (κ1) is 18.4. The summed E-state index contributed by atoms with van der Waals surface area (Å²) in [6.45, 7) is 12.8. The number of nitrogens with one attached hydrogen (secondary N) is 1. The summed E-state index contributed by atoms with van der Waals surface area (Å²) < 4.78 is 0. The van der Waals surface area contributed by atoms with Crippen molar-refractivity contribution in [3.8, 4) is 0 Å². The largest absolute Gasteiger partial charge is 0.480 e. The van der Waals surface area contributed by atoms with Crippen LogP contribution in [0.4, 0.5) is 0 Å². The molecular formula is C15H32N2O2. The first-order valence-electron chi connectivity index (χ1n) is 7.39. The van der Waals surface area contributed by atoms with Crippen LogP contribution in [0.15, 0.2) is 0 Å². The van der Waals surface area contributed by atoms with Crippen LogP contribution in [-0.4, -0.2) is 47.7 Å². The number of hydrogen-bond donors (Lipinski definition) is 2. The molecule has 1 atom stereocenters. The van der Waals surface area contributed by atoms with Crippen LogP contribution in [0.3, 0.4) is 0 Å². The third kappa shape index (κ3) is 6.92. The summed E-state index contributed by atoms with van der Waals surface area (Å²) in [6, 6.07) is 0.553. The van der Waals surface area contributed by atoms with Crippen LogP contribution < -0.4 is 5.32 Å². The van der Waals surface area contributed by atoms with E-state index in [1.54, 1.807) is 14.0 Å². The second kappa shape index (κ2) is 8.54. The number of rotatable bonds is 10. The maximum absolute atomic E-state index is 11.2. The number of hydrogen-bond acceptors (Lipinski definition) is 3. The minimum Gasteiger partial charge on any atom is -0.480 e. The lowest BCUT2D eigenvalue weighted by molar-refractivity contribution is -0.144. The van der Waals surface area contributed by atoms with E-state index in [9.17, 15) is 9.90 Å². The van der Waals surface area contributed by atoms with E-state index in [4.69, 9.17) is 0 Å². The van der Waals surface area contributed by atoms with E-state index in [0.717, 1.165) is 25.9 Å². The monoisotopic (exact) mass is 272 g/mol. The van der Waals surface area contributed by atoms with Gasteiger partial charge in [0, 0.05) is 12.6 Å². The van der Waals surface area contributed by atoms with Gasteiger partial charge in [0.2, 0.25) is 0 Å². The fourth-order valence-corrected chi connectivity index (χ4v) is 2.16. The Morgan fingerprint density at radius 3 is 2.21 bits per heavy atom. The normalized spacial score (nSPS) is 15.2. The van der Waals surface area contributed by atoms with Crippen molar-refractivity contribution in [3.63, 3.8) is 0 Å². The van der Waals surface area contributed by atoms with Gasteiger partial charge < -0.3 is 15.3 Å². The Kier molecular flexibility index (Phi) is 8.26. The van der Waals surface area contributed by atoms with Gasteiger partial charge in [0.15, 0.2) is 0 Å². The lowest BCUT2D eigenvalue weighted by Crippen LogP contribution is -2.47. The molecule has 0 aromatic carbocycles. The number of carbonyl (C=O) groups is 1. The zero-order chi connectivity index (χ0) is 15.1. The van der Waals surface area contributed by atoms with Gasteiger partial charge in [-0.2, -0.15) is 0 Å². The van der Waals surface area contributed by atoms with Crippen molar-refractivity contribution < 1.29 is 9.90 Å². The molecule has 0 aliphatic rings. The molecule has 0 bridgehead atoms. The van der Waals surface area contributed by atoms with Crippen molar-refractivity contribution in [2.75, 3.05) is 20.1 Å². The van der Waals surface area contributed by atoms with Crippen molar-refractivity contribution in [1.29, 1.82) is 0 Å². The standard InChI is InChI=1S/C15H32N2O2/c1-12(2)11-17(13(3)4)10-8-7-9-15(5,16-6)14(18)19/h12-13,16H,7-11H2,1-6H3,(H,18,19). The first-order valence-corrected chi connectivity index (χ1v) is 7.39. The molecule has 0 aliphatic heterocycles. The molecule has 2 N–H and O–H groups in total. The Balaban J connectivity index is 4.10. The van der Waals surface area contributed by atoms with E-state index in [-0.39, 0.29) is 0 Å². The van der Waals surface area contributed by atoms with Crippen LogP contribution in [0, 0.1) is 5.92 Å². The Bertz CT molecular complexity index is 267. The molecule has 19 heavy (non-hydrogen) atoms. The number of aliphatic carboxylic acids is 1. The van der Waals surface area contributed by atoms with Crippen molar-refractivity contribution in [1.82, 2.24) is 10.2 Å². The molecular weight excluding hydrogens is 240 g/mol. The highest BCUT2D eigenvalue weighted by atomic mass is 16.4. The minimum absolute atomic E-state index is 0.553. The van der Waals surface area contributed by atoms with Crippen LogP contribution >= 0.6 is 0 Å². The lowest BCUT2D eigenvalue weighted by atomic mass is 9.95. The topological polar surface area (TPSA) is 52.6 Å². The summed E-state index contributed by atoms with van der Waals surface area (Å²) in [6.07, 6.45) is 2.66. The van der Waals surface area contributed by atoms with E-state index in [2.05, 4.69) is 37.9 Å². The van der Waals surface area contributed by atoms with Crippen molar-refractivity contribution in [3.05, 3.63) is 0 Å². The smallest absolute Gasteiger partial charge is 0.323 e. The average molecular weight is 272 g/mol. The molecule has 0 fully saturated rings. The molecule has 0 aliphatic carbocycles. The number of nitrogens with zero attached hydrogens (tertiary/aromatic N) is 1. The number of carboxylic acids is 1. The van der Waals surface area contributed by atoms with E-state index in [0.29, 0.717) is 18.4 Å². The maximum Gasteiger partial charge on any atom is 0.323 e. The third-order valence-electron chi connectivity index (χ3n) is 3.73. The molecule has 0 radical (unpaired) electrons. The summed E-state index contributed by atoms with van der Waals surface area (Å²) in [4.78, 5) is 13.6. The maximum atomic E-state index is 11.2. The van der Waals surface area contributed by atoms with Gasteiger partial charge in [0.05, 0.1) is 0 Å². The highest BCUT2D eigenvalue weighted by molar-refractivity contribution is 5.78. The minimum atomic E-state index is -0.791. The molecule has 0 amide bonds. The van der Waals surface area contributed by atoms with Crippen LogP contribution in [0.5, 0.6) is 0 Å². The second-order valence-electron chi connectivity index (χ2n) is 6.33. The van der Waals surface area contributed by atoms with Gasteiger partial charge in [-0.25, -0.2) is 0 Å². The number of carboxylic acid groups (broad SMARTS) is 1. The Labute approximate surface area is 118 Å². The third-order valence-corrected chi connectivity index (χ3v) is 3.73. The fourth-order valence-electron chi connectivity index (χ4n) is 2.16. The Morgan fingerprint density at radius 1 is 1.26 bits per heavy atom. The molecule has 0 aromatic rings. The average Bonchev–Trinajstić information content (AvgIpc) is 2.31. The molecule has 114 valence electrons. The van der Waals surface area contributed by atoms with Crippen molar-refractivity contribution in [2.24, 2.45) is 5.92 Å². The summed E-state index contributed by atoms with van der Waals surface area (Å²) in [5.74, 6) is -0.0955. The lowest BCUT2D eigenvalue weighted by Gasteiger charge is -2.29. The molecule has 0 heterocycles. The second-order valence-corrected chi connectivity index (χ2v) is 6.33. The number of unbranched alkanes of at least 4 members (excludes halogenated alkanes) is 1. The summed E-state index contributed by atoms with van der Waals surface area (Å²) in [5.41, 5.74) is -0.791. The van der Waals surface area contributed by atoms with Crippen LogP contribution in [0.25, 0.3) is 0 Å². The first-order chi connectivity index (χ1) is 8.73. The molecule has 0 aromatic heterocycles. The summed E-state index contributed by atoms with van der Waals surface area (Å²) >= 11 is 0. The number of likely N-dealkylation sites (N-methyl/N-ethyl adjacent to an activating group) is 1. The summed E-state index contributed by atoms with van der Waals surface area (Å²) in [7, 11) is 1.72. The molecule has 0 saturated carbocycles. The van der Waals surface area contributed by atoms with Gasteiger partial charge in [-0.05, 0) is 59.5 Å². The molecule has 0 saturated heterocycles. The Morgan fingerprint density at radius 2 is 1.84 bits per heavy atom. The van der Waals surface area contributed by atoms with Gasteiger partial charge in [-0.15, -0.1) is 0 Å². The predicted molar refractivity (Wildman–Crippen MR) is 80.5 cm³/mol. The molecule has 4 nitrogen and oxygen atoms in total. The Hall–Kier alpha value is -0.610. The molecule has 0 rings (SSSR count). The van der Waals surface area contributed by atoms with Gasteiger partial charge in [-0.3, -0.25) is 4.79 Å². The van der Waals surface area contributed by atoms with E-state index < -0.39 is 11.5 Å². The van der Waals surface area contributed by atoms with Crippen LogP contribution in [0.1, 0.15) is 53.9 Å². The van der Waals surface area contributed by atoms with E-state index >= 15 is 0 Å². The SMILES string of the molecule is CNC(C)(CCCCN(CC(C)C)C(C)C)C(=O)O. The van der Waals surface area contributed by atoms with Crippen molar-refractivity contribution >= 4 is 5.97 Å². The zero-order valence-corrected chi connectivity index (χ0v) is 13.5. The van der Waals surface area contributed by atoms with Gasteiger partial charge >= 0.3 is 5.97 Å². The van der Waals surface area contributed by atoms with Gasteiger partial charge in [0.1, 0.15) is 5.54 Å². The van der Waals surface area contributed by atoms with Crippen LogP contribution in [0.2, 0.25) is 0 Å². The highest BCUT2D eigenvalue weighted by Crippen LogP contribution is 2.15. The highest BCUT2D eigenvalue weighted by Gasteiger charge is 2.30.